The molecule has 14 heteroatoms. The van der Waals surface area contributed by atoms with Crippen molar-refractivity contribution in [3.8, 4) is 68.9 Å². The third kappa shape index (κ3) is 20.3. The van der Waals surface area contributed by atoms with Crippen LogP contribution < -0.4 is 18.9 Å². The molecule has 0 radical (unpaired) electrons. The van der Waals surface area contributed by atoms with Crippen molar-refractivity contribution >= 4 is 57.7 Å². The molecule has 3 aromatic heterocycles. The SMILES string of the molecule is CCCCCCCCOc1cc(OCCCCCCCC)cc(-c2c3nc(c(C#Cc4ccc([N+](=O)[O-])cc4)c4ccc([nH]4)c(-c4cc(OCCCCCCCC)cc(OCCCCCCCC)c4)c4nc(c(C#Cc5ccc([N+](=O)[O-])cc5)c5ccc2[nH]5)C=C4)C=C3)c1. The summed E-state index contributed by atoms with van der Waals surface area (Å²) in [6.07, 6.45) is 35.2. The van der Waals surface area contributed by atoms with E-state index in [-0.39, 0.29) is 11.4 Å². The second-order valence-corrected chi connectivity index (χ2v) is 24.5. The number of hydrogen-bond donors (Lipinski definition) is 2. The Morgan fingerprint density at radius 2 is 0.638 bits per heavy atom. The topological polar surface area (TPSA) is 181 Å². The third-order valence-electron chi connectivity index (χ3n) is 17.0. The summed E-state index contributed by atoms with van der Waals surface area (Å²) in [5, 5.41) is 23.5. The summed E-state index contributed by atoms with van der Waals surface area (Å²) in [7, 11) is 0. The molecule has 94 heavy (non-hydrogen) atoms. The highest BCUT2D eigenvalue weighted by Crippen LogP contribution is 2.39. The van der Waals surface area contributed by atoms with Crippen LogP contribution in [0, 0.1) is 43.9 Å². The number of aromatic nitrogens is 4. The van der Waals surface area contributed by atoms with E-state index >= 15 is 0 Å². The molecule has 0 saturated heterocycles. The van der Waals surface area contributed by atoms with Crippen LogP contribution in [0.4, 0.5) is 11.4 Å². The number of aromatic amines is 2. The van der Waals surface area contributed by atoms with Crippen LogP contribution in [0.25, 0.3) is 68.6 Å². The first kappa shape index (κ1) is 69.0. The Hall–Kier alpha value is -9.40. The highest BCUT2D eigenvalue weighted by molar-refractivity contribution is 5.96. The number of unbranched alkanes of at least 4 members (excludes halogenated alkanes) is 20. The van der Waals surface area contributed by atoms with E-state index in [9.17, 15) is 20.2 Å². The fraction of sp³-hybridized carbons (Fsp3) is 0.400. The predicted molar refractivity (Wildman–Crippen MR) is 383 cm³/mol. The molecule has 490 valence electrons. The summed E-state index contributed by atoms with van der Waals surface area (Å²) in [6.45, 7) is 11.2. The summed E-state index contributed by atoms with van der Waals surface area (Å²) in [6, 6.07) is 32.8. The standard InChI is InChI=1S/C80H92N6O8/c1-5-9-13-17-21-25-49-91-65-53-61(54-66(57-65)92-50-26-22-18-14-10-6-2)79-75-45-41-71(81-75)69(39-33-59-29-35-63(36-30-59)85(87)88)73-43-47-77(83-73)80(62-55-67(93-51-27-23-19-15-11-7-3)58-68(56-62)94-52-28-24-20-16-12-8-4)78-48-44-74(84-78)70(72-42-46-76(79)82-72)40-34-60-31-37-64(38-32-60)86(89)90/h29-32,35-38,41-48,53-58,81,84H,5-28,49-52H2,1-4H3. The summed E-state index contributed by atoms with van der Waals surface area (Å²) >= 11 is 0. The van der Waals surface area contributed by atoms with Gasteiger partial charge in [0, 0.05) is 69.7 Å². The van der Waals surface area contributed by atoms with Gasteiger partial charge >= 0.3 is 0 Å². The molecule has 2 N–H and O–H groups in total. The zero-order chi connectivity index (χ0) is 65.7. The predicted octanol–water partition coefficient (Wildman–Crippen LogP) is 21.6. The molecule has 4 aromatic carbocycles. The molecule has 9 rings (SSSR count). The van der Waals surface area contributed by atoms with E-state index in [0.717, 1.165) is 84.7 Å². The van der Waals surface area contributed by atoms with Gasteiger partial charge in [0.2, 0.25) is 0 Å². The number of H-pyrrole nitrogens is 2. The minimum atomic E-state index is -0.415. The maximum absolute atomic E-state index is 11.7. The van der Waals surface area contributed by atoms with Crippen LogP contribution in [0.1, 0.15) is 227 Å². The van der Waals surface area contributed by atoms with Crippen molar-refractivity contribution in [2.24, 2.45) is 0 Å². The van der Waals surface area contributed by atoms with Crippen molar-refractivity contribution in [2.75, 3.05) is 26.4 Å². The molecule has 0 atom stereocenters. The number of nitrogens with one attached hydrogen (secondary N) is 2. The first-order valence-electron chi connectivity index (χ1n) is 34.6. The van der Waals surface area contributed by atoms with Gasteiger partial charge in [-0.25, -0.2) is 9.97 Å². The van der Waals surface area contributed by atoms with Crippen molar-refractivity contribution < 1.29 is 28.8 Å². The van der Waals surface area contributed by atoms with E-state index < -0.39 is 9.85 Å². The highest BCUT2D eigenvalue weighted by Gasteiger charge is 2.20. The van der Waals surface area contributed by atoms with Crippen molar-refractivity contribution in [3.05, 3.63) is 174 Å². The van der Waals surface area contributed by atoms with Gasteiger partial charge in [-0.15, -0.1) is 0 Å². The van der Waals surface area contributed by atoms with Crippen LogP contribution in [0.15, 0.2) is 109 Å². The maximum atomic E-state index is 11.7. The fourth-order valence-electron chi connectivity index (χ4n) is 11.7. The van der Waals surface area contributed by atoms with Gasteiger partial charge in [-0.1, -0.05) is 180 Å². The molecular formula is C80H92N6O8. The molecule has 7 aromatic rings. The van der Waals surface area contributed by atoms with E-state index in [1.165, 1.54) is 127 Å². The summed E-state index contributed by atoms with van der Waals surface area (Å²) < 4.78 is 26.5. The number of nitro benzene ring substituents is 2. The van der Waals surface area contributed by atoms with Crippen molar-refractivity contribution in [1.82, 2.24) is 19.9 Å². The lowest BCUT2D eigenvalue weighted by atomic mass is 10.0. The molecule has 0 fully saturated rings. The van der Waals surface area contributed by atoms with Crippen LogP contribution in [-0.2, 0) is 0 Å². The normalized spacial score (nSPS) is 11.4. The average molecular weight is 1270 g/mol. The zero-order valence-corrected chi connectivity index (χ0v) is 55.6. The summed E-state index contributed by atoms with van der Waals surface area (Å²) in [5.41, 5.74) is 10.8. The van der Waals surface area contributed by atoms with E-state index in [1.807, 2.05) is 60.7 Å². The van der Waals surface area contributed by atoms with Crippen molar-refractivity contribution in [1.29, 1.82) is 0 Å². The van der Waals surface area contributed by atoms with E-state index in [1.54, 1.807) is 24.3 Å². The van der Waals surface area contributed by atoms with Crippen LogP contribution in [0.2, 0.25) is 0 Å². The smallest absolute Gasteiger partial charge is 0.269 e. The number of nitrogens with zero attached hydrogens (tertiary/aromatic N) is 4. The molecule has 0 aliphatic carbocycles. The van der Waals surface area contributed by atoms with Gasteiger partial charge in [0.25, 0.3) is 11.4 Å². The van der Waals surface area contributed by atoms with E-state index in [2.05, 4.69) is 85.6 Å². The van der Waals surface area contributed by atoms with Crippen LogP contribution in [0.5, 0.6) is 23.0 Å². The van der Waals surface area contributed by atoms with E-state index in [4.69, 9.17) is 28.9 Å². The fourth-order valence-corrected chi connectivity index (χ4v) is 11.7. The second-order valence-electron chi connectivity index (χ2n) is 24.5. The van der Waals surface area contributed by atoms with Crippen molar-refractivity contribution in [2.45, 2.75) is 182 Å². The number of rotatable bonds is 36. The minimum Gasteiger partial charge on any atom is -0.493 e. The largest absolute Gasteiger partial charge is 0.493 e. The molecule has 0 spiro atoms. The van der Waals surface area contributed by atoms with Crippen LogP contribution >= 0.6 is 0 Å². The van der Waals surface area contributed by atoms with Gasteiger partial charge in [0.15, 0.2) is 0 Å². The minimum absolute atomic E-state index is 0.0240. The molecule has 0 unspecified atom stereocenters. The second kappa shape index (κ2) is 36.7. The molecule has 0 saturated carbocycles. The van der Waals surface area contributed by atoms with Gasteiger partial charge in [-0.3, -0.25) is 20.2 Å². The molecular weight excluding hydrogens is 1170 g/mol. The Bertz CT molecular complexity index is 3690. The number of benzene rings is 4. The van der Waals surface area contributed by atoms with Crippen LogP contribution in [-0.4, -0.2) is 56.2 Å². The maximum Gasteiger partial charge on any atom is 0.269 e. The lowest BCUT2D eigenvalue weighted by Gasteiger charge is -2.14. The first-order valence-corrected chi connectivity index (χ1v) is 34.6. The molecule has 8 bridgehead atoms. The Morgan fingerprint density at radius 1 is 0.351 bits per heavy atom. The molecule has 0 amide bonds. The highest BCUT2D eigenvalue weighted by atomic mass is 16.6. The Kier molecular flexibility index (Phi) is 27.0. The number of ether oxygens (including phenoxy) is 4. The number of hydrogen-bond acceptors (Lipinski definition) is 10. The van der Waals surface area contributed by atoms with Crippen molar-refractivity contribution in [3.63, 3.8) is 0 Å². The van der Waals surface area contributed by atoms with Gasteiger partial charge in [-0.05, 0) is 134 Å². The molecule has 5 heterocycles. The number of non-ortho nitro benzene ring substituents is 2. The zero-order valence-electron chi connectivity index (χ0n) is 55.6. The van der Waals surface area contributed by atoms with E-state index in [0.29, 0.717) is 105 Å². The van der Waals surface area contributed by atoms with Gasteiger partial charge in [-0.2, -0.15) is 0 Å². The Labute approximate surface area is 555 Å². The molecule has 2 aliphatic rings. The third-order valence-corrected chi connectivity index (χ3v) is 17.0. The Balaban J connectivity index is 1.28. The quantitative estimate of drug-likeness (QED) is 0.0166. The Morgan fingerprint density at radius 3 is 0.947 bits per heavy atom. The monoisotopic (exact) mass is 1260 g/mol. The van der Waals surface area contributed by atoms with Crippen LogP contribution in [0.3, 0.4) is 0 Å². The average Bonchev–Trinajstić information content (AvgIpc) is 1.61. The summed E-state index contributed by atoms with van der Waals surface area (Å²) in [5.74, 6) is 16.4. The lowest BCUT2D eigenvalue weighted by molar-refractivity contribution is -0.385. The van der Waals surface area contributed by atoms with Gasteiger partial charge in [0.05, 0.1) is 81.2 Å². The number of fused-ring (bicyclic) bond motifs is 8. The molecule has 2 aliphatic heterocycles. The number of nitro groups is 2. The van der Waals surface area contributed by atoms with Gasteiger partial charge in [0.1, 0.15) is 23.0 Å². The molecule has 14 nitrogen and oxygen atoms in total. The first-order chi connectivity index (χ1) is 46.1. The lowest BCUT2D eigenvalue weighted by Crippen LogP contribution is -2.01. The summed E-state index contributed by atoms with van der Waals surface area (Å²) in [4.78, 5) is 41.2. The van der Waals surface area contributed by atoms with Gasteiger partial charge < -0.3 is 28.9 Å².